The number of rotatable bonds is 4. The van der Waals surface area contributed by atoms with E-state index in [0.29, 0.717) is 24.0 Å². The van der Waals surface area contributed by atoms with Gasteiger partial charge < -0.3 is 20.4 Å². The minimum absolute atomic E-state index is 0.0209. The topological polar surface area (TPSA) is 90.0 Å². The van der Waals surface area contributed by atoms with Gasteiger partial charge >= 0.3 is 0 Å². The third-order valence-electron chi connectivity index (χ3n) is 3.29. The quantitative estimate of drug-likeness (QED) is 0.370. The number of nitrogens with zero attached hydrogens (tertiary/aromatic N) is 2. The largest absolute Gasteiger partial charge is 0.477 e. The molecule has 1 saturated heterocycles. The molecule has 0 atom stereocenters. The summed E-state index contributed by atoms with van der Waals surface area (Å²) in [6.07, 6.45) is 3.64. The van der Waals surface area contributed by atoms with Gasteiger partial charge in [-0.3, -0.25) is 0 Å². The highest BCUT2D eigenvalue weighted by atomic mass is 16.5. The standard InChI is InChI=1S/C13H19N3O3/c1-9-2-5-15-13(11(9)12(14)16-17)19-8-10-3-6-18-7-4-10/h2,5,10,17H,3-4,6-8H2,1H3,(H2,14,16). The number of hydrogen-bond acceptors (Lipinski definition) is 5. The van der Waals surface area contributed by atoms with Crippen molar-refractivity contribution in [3.63, 3.8) is 0 Å². The lowest BCUT2D eigenvalue weighted by Gasteiger charge is -2.22. The Labute approximate surface area is 112 Å². The lowest BCUT2D eigenvalue weighted by atomic mass is 10.0. The Morgan fingerprint density at radius 3 is 3.00 bits per heavy atom. The number of oxime groups is 1. The predicted octanol–water partition coefficient (Wildman–Crippen LogP) is 1.29. The van der Waals surface area contributed by atoms with Crippen LogP contribution in [0.4, 0.5) is 0 Å². The van der Waals surface area contributed by atoms with E-state index in [2.05, 4.69) is 10.1 Å². The first-order valence-corrected chi connectivity index (χ1v) is 6.36. The van der Waals surface area contributed by atoms with Crippen molar-refractivity contribution < 1.29 is 14.7 Å². The molecular weight excluding hydrogens is 246 g/mol. The summed E-state index contributed by atoms with van der Waals surface area (Å²) >= 11 is 0. The number of amidine groups is 1. The van der Waals surface area contributed by atoms with Crippen molar-refractivity contribution in [3.8, 4) is 5.88 Å². The van der Waals surface area contributed by atoms with E-state index in [0.717, 1.165) is 31.6 Å². The second kappa shape index (κ2) is 6.38. The summed E-state index contributed by atoms with van der Waals surface area (Å²) in [5.41, 5.74) is 7.09. The Morgan fingerprint density at radius 1 is 1.58 bits per heavy atom. The smallest absolute Gasteiger partial charge is 0.224 e. The zero-order valence-corrected chi connectivity index (χ0v) is 11.0. The van der Waals surface area contributed by atoms with Crippen LogP contribution in [0.15, 0.2) is 17.4 Å². The second-order valence-electron chi connectivity index (χ2n) is 4.66. The van der Waals surface area contributed by atoms with Gasteiger partial charge in [0, 0.05) is 19.4 Å². The molecule has 1 aliphatic heterocycles. The van der Waals surface area contributed by atoms with Gasteiger partial charge in [0.05, 0.1) is 12.2 Å². The maximum absolute atomic E-state index is 8.82. The van der Waals surface area contributed by atoms with Crippen LogP contribution >= 0.6 is 0 Å². The highest BCUT2D eigenvalue weighted by molar-refractivity contribution is 6.00. The Balaban J connectivity index is 2.09. The first-order chi connectivity index (χ1) is 9.22. The lowest BCUT2D eigenvalue weighted by molar-refractivity contribution is 0.0490. The van der Waals surface area contributed by atoms with Crippen LogP contribution in [-0.4, -0.2) is 35.8 Å². The van der Waals surface area contributed by atoms with Crippen LogP contribution in [0.5, 0.6) is 5.88 Å². The monoisotopic (exact) mass is 265 g/mol. The van der Waals surface area contributed by atoms with E-state index in [9.17, 15) is 0 Å². The van der Waals surface area contributed by atoms with Gasteiger partial charge in [0.15, 0.2) is 5.84 Å². The maximum Gasteiger partial charge on any atom is 0.224 e. The molecule has 1 aromatic heterocycles. The molecule has 104 valence electrons. The molecule has 0 spiro atoms. The average molecular weight is 265 g/mol. The fourth-order valence-electron chi connectivity index (χ4n) is 2.11. The Hall–Kier alpha value is -1.82. The van der Waals surface area contributed by atoms with Crippen LogP contribution in [0.1, 0.15) is 24.0 Å². The molecule has 1 aromatic rings. The first kappa shape index (κ1) is 13.6. The molecule has 0 saturated carbocycles. The molecule has 2 heterocycles. The third kappa shape index (κ3) is 3.35. The van der Waals surface area contributed by atoms with E-state index < -0.39 is 0 Å². The molecule has 1 aliphatic rings. The molecule has 0 unspecified atom stereocenters. The Kier molecular flexibility index (Phi) is 4.57. The maximum atomic E-state index is 8.82. The van der Waals surface area contributed by atoms with E-state index in [4.69, 9.17) is 20.4 Å². The van der Waals surface area contributed by atoms with Crippen LogP contribution in [0.2, 0.25) is 0 Å². The predicted molar refractivity (Wildman–Crippen MR) is 70.5 cm³/mol. The summed E-state index contributed by atoms with van der Waals surface area (Å²) in [4.78, 5) is 4.17. The molecular formula is C13H19N3O3. The molecule has 0 radical (unpaired) electrons. The summed E-state index contributed by atoms with van der Waals surface area (Å²) in [6.45, 7) is 4.01. The summed E-state index contributed by atoms with van der Waals surface area (Å²) < 4.78 is 11.0. The molecule has 6 heteroatoms. The van der Waals surface area contributed by atoms with Gasteiger partial charge in [0.2, 0.25) is 5.88 Å². The summed E-state index contributed by atoms with van der Waals surface area (Å²) in [5.74, 6) is 0.908. The van der Waals surface area contributed by atoms with Crippen molar-refractivity contribution in [2.75, 3.05) is 19.8 Å². The van der Waals surface area contributed by atoms with Crippen molar-refractivity contribution in [1.82, 2.24) is 4.98 Å². The first-order valence-electron chi connectivity index (χ1n) is 6.36. The fourth-order valence-corrected chi connectivity index (χ4v) is 2.11. The summed E-state index contributed by atoms with van der Waals surface area (Å²) in [7, 11) is 0. The minimum atomic E-state index is 0.0209. The third-order valence-corrected chi connectivity index (χ3v) is 3.29. The molecule has 6 nitrogen and oxygen atoms in total. The van der Waals surface area contributed by atoms with Gasteiger partial charge in [0.1, 0.15) is 0 Å². The number of ether oxygens (including phenoxy) is 2. The van der Waals surface area contributed by atoms with Gasteiger partial charge in [-0.25, -0.2) is 4.98 Å². The van der Waals surface area contributed by atoms with Gasteiger partial charge in [-0.2, -0.15) is 0 Å². The van der Waals surface area contributed by atoms with E-state index in [1.165, 1.54) is 0 Å². The highest BCUT2D eigenvalue weighted by Gasteiger charge is 2.17. The van der Waals surface area contributed by atoms with Gasteiger partial charge in [-0.1, -0.05) is 5.16 Å². The highest BCUT2D eigenvalue weighted by Crippen LogP contribution is 2.21. The number of nitrogens with two attached hydrogens (primary N) is 1. The van der Waals surface area contributed by atoms with E-state index in [-0.39, 0.29) is 5.84 Å². The van der Waals surface area contributed by atoms with Crippen molar-refractivity contribution >= 4 is 5.84 Å². The number of aryl methyl sites for hydroxylation is 1. The van der Waals surface area contributed by atoms with Crippen LogP contribution in [0.3, 0.4) is 0 Å². The fraction of sp³-hybridized carbons (Fsp3) is 0.538. The Morgan fingerprint density at radius 2 is 2.32 bits per heavy atom. The molecule has 0 aliphatic carbocycles. The van der Waals surface area contributed by atoms with Crippen LogP contribution in [-0.2, 0) is 4.74 Å². The van der Waals surface area contributed by atoms with Crippen molar-refractivity contribution in [2.45, 2.75) is 19.8 Å². The van der Waals surface area contributed by atoms with E-state index in [1.54, 1.807) is 12.3 Å². The van der Waals surface area contributed by atoms with E-state index in [1.807, 2.05) is 6.92 Å². The number of aromatic nitrogens is 1. The molecule has 0 aromatic carbocycles. The zero-order chi connectivity index (χ0) is 13.7. The average Bonchev–Trinajstić information content (AvgIpc) is 2.45. The molecule has 0 amide bonds. The van der Waals surface area contributed by atoms with Crippen LogP contribution in [0.25, 0.3) is 0 Å². The van der Waals surface area contributed by atoms with E-state index >= 15 is 0 Å². The van der Waals surface area contributed by atoms with Gasteiger partial charge in [-0.15, -0.1) is 0 Å². The molecule has 2 rings (SSSR count). The number of pyridine rings is 1. The normalized spacial score (nSPS) is 17.4. The second-order valence-corrected chi connectivity index (χ2v) is 4.66. The Bertz CT molecular complexity index is 456. The molecule has 19 heavy (non-hydrogen) atoms. The lowest BCUT2D eigenvalue weighted by Crippen LogP contribution is -2.23. The van der Waals surface area contributed by atoms with Gasteiger partial charge in [0.25, 0.3) is 0 Å². The van der Waals surface area contributed by atoms with Crippen molar-refractivity contribution in [1.29, 1.82) is 0 Å². The van der Waals surface area contributed by atoms with Crippen LogP contribution in [0, 0.1) is 12.8 Å². The summed E-state index contributed by atoms with van der Waals surface area (Å²) in [6, 6.07) is 1.80. The van der Waals surface area contributed by atoms with Gasteiger partial charge in [-0.05, 0) is 37.3 Å². The van der Waals surface area contributed by atoms with Crippen LogP contribution < -0.4 is 10.5 Å². The van der Waals surface area contributed by atoms with Crippen molar-refractivity contribution in [3.05, 3.63) is 23.4 Å². The molecule has 0 bridgehead atoms. The molecule has 1 fully saturated rings. The summed E-state index contributed by atoms with van der Waals surface area (Å²) in [5, 5.41) is 11.8. The minimum Gasteiger partial charge on any atom is -0.477 e. The molecule has 3 N–H and O–H groups in total. The van der Waals surface area contributed by atoms with Crippen molar-refractivity contribution in [2.24, 2.45) is 16.8 Å². The SMILES string of the molecule is Cc1ccnc(OCC2CCOCC2)c1/C(N)=N/O. The zero-order valence-electron chi connectivity index (χ0n) is 11.0. The number of hydrogen-bond donors (Lipinski definition) is 2.